The summed E-state index contributed by atoms with van der Waals surface area (Å²) in [5.74, 6) is 1.02. The molecule has 0 aromatic heterocycles. The maximum Gasteiger partial charge on any atom is 0.410 e. The molecule has 0 aliphatic carbocycles. The maximum atomic E-state index is 12.4. The molecule has 0 radical (unpaired) electrons. The average molecular weight is 464 g/mol. The molecule has 34 heavy (non-hydrogen) atoms. The van der Waals surface area contributed by atoms with Crippen molar-refractivity contribution >= 4 is 17.5 Å². The summed E-state index contributed by atoms with van der Waals surface area (Å²) in [5, 5.41) is 0. The Morgan fingerprint density at radius 1 is 0.853 bits per heavy atom. The van der Waals surface area contributed by atoms with Gasteiger partial charge in [0, 0.05) is 63.5 Å². The van der Waals surface area contributed by atoms with Gasteiger partial charge in [0.25, 0.3) is 0 Å². The van der Waals surface area contributed by atoms with Gasteiger partial charge in [0.1, 0.15) is 17.0 Å². The minimum atomic E-state index is -0.460. The van der Waals surface area contributed by atoms with Crippen molar-refractivity contribution in [1.29, 1.82) is 0 Å². The number of anilines is 2. The van der Waals surface area contributed by atoms with Crippen molar-refractivity contribution in [2.75, 3.05) is 49.1 Å². The first-order valence-corrected chi connectivity index (χ1v) is 12.7. The summed E-state index contributed by atoms with van der Waals surface area (Å²) in [6, 6.07) is 17.4. The topological polar surface area (TPSA) is 45.2 Å². The van der Waals surface area contributed by atoms with Gasteiger partial charge >= 0.3 is 6.09 Å². The second-order valence-electron chi connectivity index (χ2n) is 10.9. The van der Waals surface area contributed by atoms with Gasteiger partial charge in [-0.05, 0) is 69.5 Å². The van der Waals surface area contributed by atoms with E-state index in [1.807, 2.05) is 25.7 Å². The van der Waals surface area contributed by atoms with E-state index in [0.717, 1.165) is 57.6 Å². The average Bonchev–Trinajstić information content (AvgIpc) is 2.84. The van der Waals surface area contributed by atoms with E-state index >= 15 is 0 Å². The van der Waals surface area contributed by atoms with E-state index in [9.17, 15) is 4.79 Å². The standard InChI is InChI=1S/C28H37N3O3/c1-27(2,3)34-26(32)31-15-13-28(14-16-31)12-11-22-21-24(9-10-25(22)33-28)30-19-17-29(18-20-30)23-7-5-4-6-8-23/h4-10,21H,11-20H2,1-3H3. The fourth-order valence-corrected chi connectivity index (χ4v) is 5.34. The molecule has 0 N–H and O–H groups in total. The zero-order chi connectivity index (χ0) is 23.8. The summed E-state index contributed by atoms with van der Waals surface area (Å²) in [7, 11) is 0. The number of nitrogens with zero attached hydrogens (tertiary/aromatic N) is 3. The van der Waals surface area contributed by atoms with Gasteiger partial charge in [0.2, 0.25) is 0 Å². The highest BCUT2D eigenvalue weighted by Gasteiger charge is 2.41. The molecule has 2 aromatic carbocycles. The van der Waals surface area contributed by atoms with Gasteiger partial charge in [-0.3, -0.25) is 0 Å². The lowest BCUT2D eigenvalue weighted by Gasteiger charge is -2.45. The highest BCUT2D eigenvalue weighted by Crippen LogP contribution is 2.41. The molecule has 2 fully saturated rings. The van der Waals surface area contributed by atoms with Crippen LogP contribution in [0.3, 0.4) is 0 Å². The number of likely N-dealkylation sites (tertiary alicyclic amines) is 1. The number of hydrogen-bond donors (Lipinski definition) is 0. The number of fused-ring (bicyclic) bond motifs is 1. The molecule has 3 aliphatic rings. The van der Waals surface area contributed by atoms with Gasteiger partial charge in [0.15, 0.2) is 0 Å². The lowest BCUT2D eigenvalue weighted by atomic mass is 9.83. The van der Waals surface area contributed by atoms with E-state index < -0.39 is 5.60 Å². The Kier molecular flexibility index (Phi) is 6.09. The molecular weight excluding hydrogens is 426 g/mol. The van der Waals surface area contributed by atoms with Gasteiger partial charge in [0.05, 0.1) is 0 Å². The van der Waals surface area contributed by atoms with Crippen LogP contribution in [-0.2, 0) is 11.2 Å². The number of para-hydroxylation sites is 1. The Hall–Kier alpha value is -2.89. The van der Waals surface area contributed by atoms with Crippen LogP contribution >= 0.6 is 0 Å². The van der Waals surface area contributed by atoms with Gasteiger partial charge < -0.3 is 24.2 Å². The molecule has 182 valence electrons. The Labute approximate surface area is 203 Å². The lowest BCUT2D eigenvalue weighted by Crippen LogP contribution is -2.52. The SMILES string of the molecule is CC(C)(C)OC(=O)N1CCC2(CCc3cc(N4CCN(c5ccccc5)CC4)ccc3O2)CC1. The molecule has 6 nitrogen and oxygen atoms in total. The lowest BCUT2D eigenvalue weighted by molar-refractivity contribution is -0.0272. The van der Waals surface area contributed by atoms with E-state index in [2.05, 4.69) is 58.3 Å². The van der Waals surface area contributed by atoms with Crippen molar-refractivity contribution in [3.05, 3.63) is 54.1 Å². The molecule has 0 unspecified atom stereocenters. The minimum Gasteiger partial charge on any atom is -0.487 e. The summed E-state index contributed by atoms with van der Waals surface area (Å²) in [5.41, 5.74) is 3.30. The zero-order valence-corrected chi connectivity index (χ0v) is 20.8. The molecule has 0 saturated carbocycles. The third-order valence-corrected chi connectivity index (χ3v) is 7.31. The van der Waals surface area contributed by atoms with Crippen molar-refractivity contribution < 1.29 is 14.3 Å². The second kappa shape index (κ2) is 9.05. The summed E-state index contributed by atoms with van der Waals surface area (Å²) >= 11 is 0. The highest BCUT2D eigenvalue weighted by atomic mass is 16.6. The largest absolute Gasteiger partial charge is 0.487 e. The Morgan fingerprint density at radius 2 is 1.50 bits per heavy atom. The van der Waals surface area contributed by atoms with Gasteiger partial charge in [-0.15, -0.1) is 0 Å². The van der Waals surface area contributed by atoms with Crippen LogP contribution < -0.4 is 14.5 Å². The molecule has 2 aromatic rings. The smallest absolute Gasteiger partial charge is 0.410 e. The summed E-state index contributed by atoms with van der Waals surface area (Å²) in [6.07, 6.45) is 3.53. The number of carbonyl (C=O) groups is 1. The molecule has 5 rings (SSSR count). The zero-order valence-electron chi connectivity index (χ0n) is 20.8. The van der Waals surface area contributed by atoms with Crippen LogP contribution in [0.25, 0.3) is 0 Å². The number of benzene rings is 2. The number of piperidine rings is 1. The van der Waals surface area contributed by atoms with E-state index in [-0.39, 0.29) is 11.7 Å². The van der Waals surface area contributed by atoms with Crippen molar-refractivity contribution in [3.8, 4) is 5.75 Å². The Bertz CT molecular complexity index is 1000. The minimum absolute atomic E-state index is 0.158. The number of carbonyl (C=O) groups excluding carboxylic acids is 1. The quantitative estimate of drug-likeness (QED) is 0.620. The molecule has 1 spiro atoms. The monoisotopic (exact) mass is 463 g/mol. The Balaban J connectivity index is 1.18. The number of piperazine rings is 1. The molecule has 0 atom stereocenters. The summed E-state index contributed by atoms with van der Waals surface area (Å²) in [4.78, 5) is 19.2. The molecule has 6 heteroatoms. The number of ether oxygens (including phenoxy) is 2. The fraction of sp³-hybridized carbons (Fsp3) is 0.536. The first kappa shape index (κ1) is 22.9. The van der Waals surface area contributed by atoms with Crippen LogP contribution in [0.5, 0.6) is 5.75 Å². The molecule has 2 saturated heterocycles. The van der Waals surface area contributed by atoms with Gasteiger partial charge in [-0.25, -0.2) is 4.79 Å². The van der Waals surface area contributed by atoms with Crippen LogP contribution in [-0.4, -0.2) is 61.5 Å². The second-order valence-corrected chi connectivity index (χ2v) is 10.9. The van der Waals surface area contributed by atoms with Gasteiger partial charge in [-0.1, -0.05) is 18.2 Å². The van der Waals surface area contributed by atoms with E-state index in [1.165, 1.54) is 16.9 Å². The molecule has 0 bridgehead atoms. The highest BCUT2D eigenvalue weighted by molar-refractivity contribution is 5.68. The predicted molar refractivity (Wildman–Crippen MR) is 136 cm³/mol. The van der Waals surface area contributed by atoms with Crippen molar-refractivity contribution in [2.45, 2.75) is 57.7 Å². The van der Waals surface area contributed by atoms with Crippen LogP contribution in [0.2, 0.25) is 0 Å². The van der Waals surface area contributed by atoms with Crippen LogP contribution in [0.15, 0.2) is 48.5 Å². The first-order chi connectivity index (χ1) is 16.3. The predicted octanol–water partition coefficient (Wildman–Crippen LogP) is 5.11. The van der Waals surface area contributed by atoms with Crippen LogP contribution in [0.4, 0.5) is 16.2 Å². The fourth-order valence-electron chi connectivity index (χ4n) is 5.34. The maximum absolute atomic E-state index is 12.4. The molecular formula is C28H37N3O3. The number of hydrogen-bond acceptors (Lipinski definition) is 5. The normalized spacial score (nSPS) is 20.0. The van der Waals surface area contributed by atoms with E-state index in [4.69, 9.17) is 9.47 Å². The molecule has 3 heterocycles. The number of rotatable bonds is 2. The van der Waals surface area contributed by atoms with Crippen LogP contribution in [0, 0.1) is 0 Å². The van der Waals surface area contributed by atoms with Crippen molar-refractivity contribution in [1.82, 2.24) is 4.90 Å². The Morgan fingerprint density at radius 3 is 2.15 bits per heavy atom. The van der Waals surface area contributed by atoms with Crippen LogP contribution in [0.1, 0.15) is 45.6 Å². The van der Waals surface area contributed by atoms with Crippen molar-refractivity contribution in [2.24, 2.45) is 0 Å². The number of amides is 1. The number of aryl methyl sites for hydroxylation is 1. The van der Waals surface area contributed by atoms with Crippen molar-refractivity contribution in [3.63, 3.8) is 0 Å². The third-order valence-electron chi connectivity index (χ3n) is 7.31. The molecule has 3 aliphatic heterocycles. The van der Waals surface area contributed by atoms with E-state index in [1.54, 1.807) is 0 Å². The summed E-state index contributed by atoms with van der Waals surface area (Å²) in [6.45, 7) is 11.2. The van der Waals surface area contributed by atoms with E-state index in [0.29, 0.717) is 13.1 Å². The molecule has 1 amide bonds. The summed E-state index contributed by atoms with van der Waals surface area (Å²) < 4.78 is 12.2. The van der Waals surface area contributed by atoms with Gasteiger partial charge in [-0.2, -0.15) is 0 Å². The first-order valence-electron chi connectivity index (χ1n) is 12.7. The third kappa shape index (κ3) is 4.96.